The topological polar surface area (TPSA) is 47.6 Å². The maximum atomic E-state index is 11.7. The lowest BCUT2D eigenvalue weighted by atomic mass is 9.96. The Kier molecular flexibility index (Phi) is 5.92. The number of likely N-dealkylation sites (N-methyl/N-ethyl adjacent to an activating group) is 1. The smallest absolute Gasteiger partial charge is 0.325 e. The minimum atomic E-state index is -0.577. The van der Waals surface area contributed by atoms with Gasteiger partial charge in [-0.25, -0.2) is 0 Å². The molecule has 1 aliphatic carbocycles. The first-order chi connectivity index (χ1) is 8.12. The quantitative estimate of drug-likeness (QED) is 0.495. The van der Waals surface area contributed by atoms with Gasteiger partial charge in [-0.05, 0) is 45.1 Å². The van der Waals surface area contributed by atoms with Gasteiger partial charge in [0.2, 0.25) is 0 Å². The Bertz CT molecular complexity index is 241. The van der Waals surface area contributed by atoms with Crippen LogP contribution in [0.5, 0.6) is 0 Å². The Labute approximate surface area is 104 Å². The lowest BCUT2D eigenvalue weighted by Crippen LogP contribution is -2.50. The Balaban J connectivity index is 2.19. The summed E-state index contributed by atoms with van der Waals surface area (Å²) in [5, 5.41) is 3.19. The SMILES string of the molecule is CCNC(C)(CCCOCC1CC1)C(=O)OC. The molecule has 1 N–H and O–H groups in total. The summed E-state index contributed by atoms with van der Waals surface area (Å²) >= 11 is 0. The number of hydrogen-bond donors (Lipinski definition) is 1. The van der Waals surface area contributed by atoms with Crippen LogP contribution in [-0.4, -0.2) is 38.4 Å². The molecule has 17 heavy (non-hydrogen) atoms. The summed E-state index contributed by atoms with van der Waals surface area (Å²) in [7, 11) is 1.43. The van der Waals surface area contributed by atoms with Crippen molar-refractivity contribution in [3.8, 4) is 0 Å². The first-order valence-corrected chi connectivity index (χ1v) is 6.53. The van der Waals surface area contributed by atoms with Crippen LogP contribution in [0, 0.1) is 5.92 Å². The molecule has 0 spiro atoms. The number of carbonyl (C=O) groups is 1. The van der Waals surface area contributed by atoms with Crippen molar-refractivity contribution >= 4 is 5.97 Å². The van der Waals surface area contributed by atoms with Crippen LogP contribution in [0.3, 0.4) is 0 Å². The van der Waals surface area contributed by atoms with Crippen molar-refractivity contribution in [2.45, 2.75) is 45.1 Å². The van der Waals surface area contributed by atoms with E-state index in [0.717, 1.165) is 38.5 Å². The van der Waals surface area contributed by atoms with Crippen molar-refractivity contribution in [2.24, 2.45) is 5.92 Å². The van der Waals surface area contributed by atoms with Gasteiger partial charge in [0.1, 0.15) is 5.54 Å². The van der Waals surface area contributed by atoms with Crippen LogP contribution in [0.15, 0.2) is 0 Å². The van der Waals surface area contributed by atoms with Crippen molar-refractivity contribution in [2.75, 3.05) is 26.9 Å². The van der Waals surface area contributed by atoms with Gasteiger partial charge < -0.3 is 14.8 Å². The maximum Gasteiger partial charge on any atom is 0.325 e. The van der Waals surface area contributed by atoms with E-state index in [1.165, 1.54) is 20.0 Å². The zero-order valence-corrected chi connectivity index (χ0v) is 11.3. The van der Waals surface area contributed by atoms with Crippen LogP contribution < -0.4 is 5.32 Å². The van der Waals surface area contributed by atoms with Crippen molar-refractivity contribution in [3.63, 3.8) is 0 Å². The van der Waals surface area contributed by atoms with Gasteiger partial charge >= 0.3 is 5.97 Å². The van der Waals surface area contributed by atoms with Gasteiger partial charge in [-0.1, -0.05) is 6.92 Å². The predicted molar refractivity (Wildman–Crippen MR) is 66.9 cm³/mol. The minimum Gasteiger partial charge on any atom is -0.468 e. The highest BCUT2D eigenvalue weighted by atomic mass is 16.5. The minimum absolute atomic E-state index is 0.193. The maximum absolute atomic E-state index is 11.7. The van der Waals surface area contributed by atoms with Gasteiger partial charge in [0.25, 0.3) is 0 Å². The van der Waals surface area contributed by atoms with Crippen LogP contribution in [0.2, 0.25) is 0 Å². The van der Waals surface area contributed by atoms with E-state index in [-0.39, 0.29) is 5.97 Å². The van der Waals surface area contributed by atoms with Gasteiger partial charge in [0, 0.05) is 13.2 Å². The van der Waals surface area contributed by atoms with Gasteiger partial charge in [0.15, 0.2) is 0 Å². The molecular weight excluding hydrogens is 218 g/mol. The molecule has 1 aliphatic rings. The number of esters is 1. The van der Waals surface area contributed by atoms with Crippen LogP contribution in [-0.2, 0) is 14.3 Å². The molecule has 4 heteroatoms. The summed E-state index contributed by atoms with van der Waals surface area (Å²) in [6, 6.07) is 0. The second kappa shape index (κ2) is 6.97. The average Bonchev–Trinajstić information content (AvgIpc) is 3.12. The van der Waals surface area contributed by atoms with E-state index in [4.69, 9.17) is 9.47 Å². The summed E-state index contributed by atoms with van der Waals surface area (Å²) in [4.78, 5) is 11.7. The molecule has 1 rings (SSSR count). The number of ether oxygens (including phenoxy) is 2. The first-order valence-electron chi connectivity index (χ1n) is 6.53. The average molecular weight is 243 g/mol. The van der Waals surface area contributed by atoms with E-state index in [1.807, 2.05) is 13.8 Å². The van der Waals surface area contributed by atoms with Crippen LogP contribution in [0.4, 0.5) is 0 Å². The molecule has 0 bridgehead atoms. The molecule has 4 nitrogen and oxygen atoms in total. The second-order valence-corrected chi connectivity index (χ2v) is 4.98. The molecule has 0 aromatic carbocycles. The van der Waals surface area contributed by atoms with Crippen LogP contribution in [0.1, 0.15) is 39.5 Å². The Morgan fingerprint density at radius 1 is 1.47 bits per heavy atom. The highest BCUT2D eigenvalue weighted by Crippen LogP contribution is 2.28. The Morgan fingerprint density at radius 2 is 2.18 bits per heavy atom. The standard InChI is InChI=1S/C13H25NO3/c1-4-14-13(2,12(15)16-3)8-5-9-17-10-11-6-7-11/h11,14H,4-10H2,1-3H3. The largest absolute Gasteiger partial charge is 0.468 e. The zero-order chi connectivity index (χ0) is 12.7. The van der Waals surface area contributed by atoms with Gasteiger partial charge in [0.05, 0.1) is 7.11 Å². The van der Waals surface area contributed by atoms with E-state index in [0.29, 0.717) is 0 Å². The first kappa shape index (κ1) is 14.5. The molecule has 0 radical (unpaired) electrons. The summed E-state index contributed by atoms with van der Waals surface area (Å²) in [6.45, 7) is 6.26. The molecule has 0 aliphatic heterocycles. The molecule has 0 aromatic rings. The molecule has 0 amide bonds. The molecule has 1 saturated carbocycles. The predicted octanol–water partition coefficient (Wildman–Crippen LogP) is 1.73. The molecule has 1 fully saturated rings. The van der Waals surface area contributed by atoms with Gasteiger partial charge in [-0.15, -0.1) is 0 Å². The number of nitrogens with one attached hydrogen (secondary N) is 1. The molecule has 1 unspecified atom stereocenters. The highest BCUT2D eigenvalue weighted by Gasteiger charge is 2.32. The molecule has 1 atom stereocenters. The lowest BCUT2D eigenvalue weighted by molar-refractivity contribution is -0.148. The monoisotopic (exact) mass is 243 g/mol. The third kappa shape index (κ3) is 5.04. The van der Waals surface area contributed by atoms with Crippen LogP contribution >= 0.6 is 0 Å². The van der Waals surface area contributed by atoms with E-state index in [1.54, 1.807) is 0 Å². The number of methoxy groups -OCH3 is 1. The fourth-order valence-corrected chi connectivity index (χ4v) is 1.94. The van der Waals surface area contributed by atoms with E-state index in [2.05, 4.69) is 5.32 Å². The van der Waals surface area contributed by atoms with Gasteiger partial charge in [-0.3, -0.25) is 4.79 Å². The Morgan fingerprint density at radius 3 is 2.71 bits per heavy atom. The number of rotatable bonds is 9. The third-order valence-corrected chi connectivity index (χ3v) is 3.22. The molecule has 0 aromatic heterocycles. The lowest BCUT2D eigenvalue weighted by Gasteiger charge is -2.27. The Hall–Kier alpha value is -0.610. The van der Waals surface area contributed by atoms with Crippen LogP contribution in [0.25, 0.3) is 0 Å². The van der Waals surface area contributed by atoms with Crippen molar-refractivity contribution in [1.29, 1.82) is 0 Å². The number of hydrogen-bond acceptors (Lipinski definition) is 4. The highest BCUT2D eigenvalue weighted by molar-refractivity contribution is 5.80. The van der Waals surface area contributed by atoms with E-state index >= 15 is 0 Å². The fourth-order valence-electron chi connectivity index (χ4n) is 1.94. The normalized spacial score (nSPS) is 18.8. The summed E-state index contributed by atoms with van der Waals surface area (Å²) in [5.41, 5.74) is -0.577. The third-order valence-electron chi connectivity index (χ3n) is 3.22. The van der Waals surface area contributed by atoms with E-state index in [9.17, 15) is 4.79 Å². The zero-order valence-electron chi connectivity index (χ0n) is 11.3. The molecule has 0 saturated heterocycles. The van der Waals surface area contributed by atoms with Crippen molar-refractivity contribution in [3.05, 3.63) is 0 Å². The summed E-state index contributed by atoms with van der Waals surface area (Å²) < 4.78 is 10.4. The second-order valence-electron chi connectivity index (χ2n) is 4.98. The molecular formula is C13H25NO3. The van der Waals surface area contributed by atoms with Gasteiger partial charge in [-0.2, -0.15) is 0 Å². The summed E-state index contributed by atoms with van der Waals surface area (Å²) in [5.74, 6) is 0.609. The van der Waals surface area contributed by atoms with E-state index < -0.39 is 5.54 Å². The number of carbonyl (C=O) groups excluding carboxylic acids is 1. The van der Waals surface area contributed by atoms with Crippen molar-refractivity contribution < 1.29 is 14.3 Å². The fraction of sp³-hybridized carbons (Fsp3) is 0.923. The van der Waals surface area contributed by atoms with Crippen molar-refractivity contribution in [1.82, 2.24) is 5.32 Å². The molecule has 100 valence electrons. The molecule has 0 heterocycles. The summed E-state index contributed by atoms with van der Waals surface area (Å²) in [6.07, 6.45) is 4.26.